The van der Waals surface area contributed by atoms with Gasteiger partial charge in [-0.05, 0) is 49.2 Å². The summed E-state index contributed by atoms with van der Waals surface area (Å²) >= 11 is 0. The summed E-state index contributed by atoms with van der Waals surface area (Å²) in [5.74, 6) is -0.176. The molecule has 0 aliphatic rings. The van der Waals surface area contributed by atoms with Gasteiger partial charge in [0.05, 0.1) is 12.2 Å². The Morgan fingerprint density at radius 3 is 2.54 bits per heavy atom. The SMILES string of the molecule is CC(=O)N(CCC(=O)Nc1ccc(C)c(C)c1)Cc1ccccn1. The standard InChI is InChI=1S/C19H23N3O2/c1-14-7-8-17(12-15(14)2)21-19(24)9-11-22(16(3)23)13-18-6-4-5-10-20-18/h4-8,10,12H,9,11,13H2,1-3H3,(H,21,24). The van der Waals surface area contributed by atoms with Crippen molar-refractivity contribution in [3.8, 4) is 0 Å². The van der Waals surface area contributed by atoms with Crippen LogP contribution >= 0.6 is 0 Å². The molecule has 1 aromatic carbocycles. The summed E-state index contributed by atoms with van der Waals surface area (Å²) in [4.78, 5) is 29.7. The molecule has 0 fully saturated rings. The predicted molar refractivity (Wildman–Crippen MR) is 94.5 cm³/mol. The highest BCUT2D eigenvalue weighted by atomic mass is 16.2. The highest BCUT2D eigenvalue weighted by Crippen LogP contribution is 2.14. The summed E-state index contributed by atoms with van der Waals surface area (Å²) in [6.07, 6.45) is 1.94. The van der Waals surface area contributed by atoms with Crippen molar-refractivity contribution in [1.82, 2.24) is 9.88 Å². The van der Waals surface area contributed by atoms with Gasteiger partial charge in [0.2, 0.25) is 11.8 Å². The van der Waals surface area contributed by atoms with Crippen LogP contribution in [0.5, 0.6) is 0 Å². The fourth-order valence-electron chi connectivity index (χ4n) is 2.31. The van der Waals surface area contributed by atoms with Crippen LogP contribution in [0.15, 0.2) is 42.6 Å². The second-order valence-electron chi connectivity index (χ2n) is 5.86. The molecule has 126 valence electrons. The average molecular weight is 325 g/mol. The Kier molecular flexibility index (Phi) is 6.07. The number of nitrogens with zero attached hydrogens (tertiary/aromatic N) is 2. The van der Waals surface area contributed by atoms with E-state index < -0.39 is 0 Å². The number of anilines is 1. The smallest absolute Gasteiger partial charge is 0.226 e. The molecule has 2 amide bonds. The minimum absolute atomic E-state index is 0.0698. The number of aromatic nitrogens is 1. The lowest BCUT2D eigenvalue weighted by molar-refractivity contribution is -0.130. The Morgan fingerprint density at radius 1 is 1.12 bits per heavy atom. The van der Waals surface area contributed by atoms with Crippen molar-refractivity contribution >= 4 is 17.5 Å². The van der Waals surface area contributed by atoms with E-state index in [1.807, 2.05) is 50.2 Å². The molecule has 0 saturated carbocycles. The van der Waals surface area contributed by atoms with Crippen LogP contribution in [0.4, 0.5) is 5.69 Å². The lowest BCUT2D eigenvalue weighted by Crippen LogP contribution is -2.31. The molecule has 24 heavy (non-hydrogen) atoms. The maximum absolute atomic E-state index is 12.1. The van der Waals surface area contributed by atoms with Gasteiger partial charge in [0.1, 0.15) is 0 Å². The second kappa shape index (κ2) is 8.24. The van der Waals surface area contributed by atoms with Gasteiger partial charge in [-0.15, -0.1) is 0 Å². The minimum atomic E-state index is -0.106. The Bertz CT molecular complexity index is 714. The molecule has 0 bridgehead atoms. The number of carbonyl (C=O) groups is 2. The molecule has 5 heteroatoms. The Hall–Kier alpha value is -2.69. The lowest BCUT2D eigenvalue weighted by Gasteiger charge is -2.20. The van der Waals surface area contributed by atoms with Gasteiger partial charge in [-0.25, -0.2) is 0 Å². The van der Waals surface area contributed by atoms with Gasteiger partial charge >= 0.3 is 0 Å². The molecular weight excluding hydrogens is 302 g/mol. The number of benzene rings is 1. The highest BCUT2D eigenvalue weighted by Gasteiger charge is 2.12. The van der Waals surface area contributed by atoms with Crippen molar-refractivity contribution in [1.29, 1.82) is 0 Å². The summed E-state index contributed by atoms with van der Waals surface area (Å²) in [6, 6.07) is 11.4. The molecule has 1 heterocycles. The molecule has 5 nitrogen and oxygen atoms in total. The first kappa shape index (κ1) is 17.7. The third-order valence-corrected chi connectivity index (χ3v) is 3.92. The van der Waals surface area contributed by atoms with Gasteiger partial charge in [-0.1, -0.05) is 12.1 Å². The number of pyridine rings is 1. The number of amides is 2. The number of hydrogen-bond acceptors (Lipinski definition) is 3. The molecule has 0 unspecified atom stereocenters. The van der Waals surface area contributed by atoms with E-state index in [4.69, 9.17) is 0 Å². The van der Waals surface area contributed by atoms with E-state index >= 15 is 0 Å². The van der Waals surface area contributed by atoms with Crippen LogP contribution in [-0.4, -0.2) is 28.2 Å². The summed E-state index contributed by atoms with van der Waals surface area (Å²) < 4.78 is 0. The van der Waals surface area contributed by atoms with Gasteiger partial charge in [0.25, 0.3) is 0 Å². The van der Waals surface area contributed by atoms with E-state index in [-0.39, 0.29) is 18.2 Å². The van der Waals surface area contributed by atoms with Gasteiger partial charge in [-0.3, -0.25) is 14.6 Å². The summed E-state index contributed by atoms with van der Waals surface area (Å²) in [7, 11) is 0. The predicted octanol–water partition coefficient (Wildman–Crippen LogP) is 3.08. The summed E-state index contributed by atoms with van der Waals surface area (Å²) in [5, 5.41) is 2.88. The Morgan fingerprint density at radius 2 is 1.92 bits per heavy atom. The Labute approximate surface area is 142 Å². The van der Waals surface area contributed by atoms with Crippen LogP contribution in [0.1, 0.15) is 30.2 Å². The zero-order chi connectivity index (χ0) is 17.5. The molecule has 1 aromatic heterocycles. The fourth-order valence-corrected chi connectivity index (χ4v) is 2.31. The van der Waals surface area contributed by atoms with Gasteiger partial charge in [-0.2, -0.15) is 0 Å². The van der Waals surface area contributed by atoms with Crippen LogP contribution in [0.25, 0.3) is 0 Å². The number of nitrogens with one attached hydrogen (secondary N) is 1. The van der Waals surface area contributed by atoms with E-state index in [9.17, 15) is 9.59 Å². The van der Waals surface area contributed by atoms with E-state index in [0.717, 1.165) is 16.9 Å². The first-order valence-corrected chi connectivity index (χ1v) is 7.98. The molecule has 2 rings (SSSR count). The molecule has 0 aliphatic heterocycles. The maximum atomic E-state index is 12.1. The minimum Gasteiger partial charge on any atom is -0.337 e. The first-order chi connectivity index (χ1) is 11.5. The van der Waals surface area contributed by atoms with Crippen LogP contribution in [0.3, 0.4) is 0 Å². The third-order valence-electron chi connectivity index (χ3n) is 3.92. The number of carbonyl (C=O) groups excluding carboxylic acids is 2. The van der Waals surface area contributed by atoms with Gasteiger partial charge in [0.15, 0.2) is 0 Å². The van der Waals surface area contributed by atoms with Crippen LogP contribution in [-0.2, 0) is 16.1 Å². The third kappa shape index (κ3) is 5.19. The fraction of sp³-hybridized carbons (Fsp3) is 0.316. The van der Waals surface area contributed by atoms with Crippen molar-refractivity contribution in [2.24, 2.45) is 0 Å². The number of aryl methyl sites for hydroxylation is 2. The number of rotatable bonds is 6. The topological polar surface area (TPSA) is 62.3 Å². The van der Waals surface area contributed by atoms with Crippen molar-refractivity contribution in [2.75, 3.05) is 11.9 Å². The largest absolute Gasteiger partial charge is 0.337 e. The lowest BCUT2D eigenvalue weighted by atomic mass is 10.1. The van der Waals surface area contributed by atoms with Crippen molar-refractivity contribution in [2.45, 2.75) is 33.7 Å². The molecule has 0 atom stereocenters. The maximum Gasteiger partial charge on any atom is 0.226 e. The van der Waals surface area contributed by atoms with Crippen LogP contribution in [0.2, 0.25) is 0 Å². The molecule has 0 radical (unpaired) electrons. The molecular formula is C19H23N3O2. The zero-order valence-corrected chi connectivity index (χ0v) is 14.4. The van der Waals surface area contributed by atoms with E-state index in [1.54, 1.807) is 11.1 Å². The van der Waals surface area contributed by atoms with E-state index in [0.29, 0.717) is 13.1 Å². The monoisotopic (exact) mass is 325 g/mol. The molecule has 2 aromatic rings. The molecule has 1 N–H and O–H groups in total. The molecule has 0 aliphatic carbocycles. The Balaban J connectivity index is 1.90. The average Bonchev–Trinajstić information content (AvgIpc) is 2.55. The summed E-state index contributed by atoms with van der Waals surface area (Å²) in [6.45, 7) is 6.32. The molecule has 0 spiro atoms. The van der Waals surface area contributed by atoms with E-state index in [2.05, 4.69) is 10.3 Å². The quantitative estimate of drug-likeness (QED) is 0.888. The van der Waals surface area contributed by atoms with Crippen LogP contribution in [0, 0.1) is 13.8 Å². The normalized spacial score (nSPS) is 10.3. The van der Waals surface area contributed by atoms with Crippen LogP contribution < -0.4 is 5.32 Å². The first-order valence-electron chi connectivity index (χ1n) is 7.98. The number of hydrogen-bond donors (Lipinski definition) is 1. The van der Waals surface area contributed by atoms with E-state index in [1.165, 1.54) is 12.5 Å². The van der Waals surface area contributed by atoms with Crippen molar-refractivity contribution in [3.63, 3.8) is 0 Å². The van der Waals surface area contributed by atoms with Crippen molar-refractivity contribution in [3.05, 3.63) is 59.4 Å². The summed E-state index contributed by atoms with van der Waals surface area (Å²) in [5.41, 5.74) is 3.91. The zero-order valence-electron chi connectivity index (χ0n) is 14.4. The second-order valence-corrected chi connectivity index (χ2v) is 5.86. The van der Waals surface area contributed by atoms with Crippen molar-refractivity contribution < 1.29 is 9.59 Å². The van der Waals surface area contributed by atoms with Gasteiger partial charge in [0, 0.05) is 31.8 Å². The highest BCUT2D eigenvalue weighted by molar-refractivity contribution is 5.91. The van der Waals surface area contributed by atoms with Gasteiger partial charge < -0.3 is 10.2 Å². The molecule has 0 saturated heterocycles.